The van der Waals surface area contributed by atoms with Crippen LogP contribution in [0.25, 0.3) is 0 Å². The molecule has 0 radical (unpaired) electrons. The zero-order chi connectivity index (χ0) is 11.5. The summed E-state index contributed by atoms with van der Waals surface area (Å²) >= 11 is 0. The normalized spacial score (nSPS) is 25.4. The molecule has 1 aromatic heterocycles. The second-order valence-corrected chi connectivity index (χ2v) is 4.50. The fraction of sp³-hybridized carbons (Fsp3) is 0.727. The van der Waals surface area contributed by atoms with E-state index in [1.165, 1.54) is 0 Å². The Morgan fingerprint density at radius 1 is 1.56 bits per heavy atom. The van der Waals surface area contributed by atoms with E-state index in [1.54, 1.807) is 13.3 Å². The molecule has 1 saturated carbocycles. The summed E-state index contributed by atoms with van der Waals surface area (Å²) in [7, 11) is 0. The van der Waals surface area contributed by atoms with Crippen LogP contribution in [0.2, 0.25) is 0 Å². The smallest absolute Gasteiger partial charge is 0.217 e. The topological polar surface area (TPSA) is 59.8 Å². The molecule has 5 heteroatoms. The van der Waals surface area contributed by atoms with E-state index in [2.05, 4.69) is 20.1 Å². The van der Waals surface area contributed by atoms with Crippen molar-refractivity contribution in [3.63, 3.8) is 0 Å². The van der Waals surface area contributed by atoms with Gasteiger partial charge in [0.25, 0.3) is 0 Å². The summed E-state index contributed by atoms with van der Waals surface area (Å²) in [6.45, 7) is 3.54. The van der Waals surface area contributed by atoms with Crippen molar-refractivity contribution in [2.75, 3.05) is 0 Å². The summed E-state index contributed by atoms with van der Waals surface area (Å²) in [5.41, 5.74) is 0. The van der Waals surface area contributed by atoms with Crippen molar-refractivity contribution in [2.45, 2.75) is 51.6 Å². The summed E-state index contributed by atoms with van der Waals surface area (Å²) < 4.78 is 2.12. The molecule has 0 spiro atoms. The van der Waals surface area contributed by atoms with Crippen LogP contribution in [0.3, 0.4) is 0 Å². The molecule has 1 fully saturated rings. The molecule has 88 valence electrons. The van der Waals surface area contributed by atoms with E-state index in [4.69, 9.17) is 0 Å². The third-order valence-corrected chi connectivity index (χ3v) is 3.20. The SMILES string of the molecule is CC(=O)N[C@H]1CCC[C@@H](n2cnnc2C)C1. The predicted molar refractivity (Wildman–Crippen MR) is 59.9 cm³/mol. The highest BCUT2D eigenvalue weighted by molar-refractivity contribution is 5.73. The summed E-state index contributed by atoms with van der Waals surface area (Å²) in [4.78, 5) is 11.0. The molecule has 1 aliphatic rings. The third-order valence-electron chi connectivity index (χ3n) is 3.20. The lowest BCUT2D eigenvalue weighted by atomic mass is 9.90. The molecule has 0 aromatic carbocycles. The van der Waals surface area contributed by atoms with Crippen LogP contribution in [0.1, 0.15) is 44.5 Å². The summed E-state index contributed by atoms with van der Waals surface area (Å²) in [6.07, 6.45) is 6.15. The Labute approximate surface area is 95.2 Å². The first-order valence-electron chi connectivity index (χ1n) is 5.80. The van der Waals surface area contributed by atoms with Crippen molar-refractivity contribution in [3.05, 3.63) is 12.2 Å². The minimum Gasteiger partial charge on any atom is -0.354 e. The molecule has 1 heterocycles. The first-order chi connectivity index (χ1) is 7.66. The Kier molecular flexibility index (Phi) is 3.22. The summed E-state index contributed by atoms with van der Waals surface area (Å²) in [6, 6.07) is 0.735. The van der Waals surface area contributed by atoms with Crippen molar-refractivity contribution in [2.24, 2.45) is 0 Å². The van der Waals surface area contributed by atoms with Crippen LogP contribution in [0, 0.1) is 6.92 Å². The van der Waals surface area contributed by atoms with E-state index in [1.807, 2.05) is 6.92 Å². The first kappa shape index (κ1) is 11.1. The molecule has 0 bridgehead atoms. The fourth-order valence-corrected chi connectivity index (χ4v) is 2.49. The van der Waals surface area contributed by atoms with E-state index in [9.17, 15) is 4.79 Å². The summed E-state index contributed by atoms with van der Waals surface area (Å²) in [5.74, 6) is 1.01. The van der Waals surface area contributed by atoms with Crippen molar-refractivity contribution in [3.8, 4) is 0 Å². The van der Waals surface area contributed by atoms with Gasteiger partial charge in [-0.3, -0.25) is 4.79 Å². The molecule has 1 N–H and O–H groups in total. The molecule has 1 amide bonds. The van der Waals surface area contributed by atoms with Crippen LogP contribution >= 0.6 is 0 Å². The van der Waals surface area contributed by atoms with E-state index in [-0.39, 0.29) is 5.91 Å². The maximum absolute atomic E-state index is 11.0. The number of aromatic nitrogens is 3. The highest BCUT2D eigenvalue weighted by Gasteiger charge is 2.24. The minimum atomic E-state index is 0.0612. The number of aryl methyl sites for hydroxylation is 1. The van der Waals surface area contributed by atoms with Crippen LogP contribution < -0.4 is 5.32 Å². The molecular formula is C11H18N4O. The van der Waals surface area contributed by atoms with Crippen LogP contribution in [0.4, 0.5) is 0 Å². The first-order valence-corrected chi connectivity index (χ1v) is 5.80. The average molecular weight is 222 g/mol. The molecule has 5 nitrogen and oxygen atoms in total. The van der Waals surface area contributed by atoms with E-state index >= 15 is 0 Å². The lowest BCUT2D eigenvalue weighted by Gasteiger charge is -2.30. The number of nitrogens with one attached hydrogen (secondary N) is 1. The number of nitrogens with zero attached hydrogens (tertiary/aromatic N) is 3. The van der Waals surface area contributed by atoms with Gasteiger partial charge in [-0.15, -0.1) is 10.2 Å². The zero-order valence-electron chi connectivity index (χ0n) is 9.81. The molecule has 16 heavy (non-hydrogen) atoms. The van der Waals surface area contributed by atoms with Crippen LogP contribution in [-0.2, 0) is 4.79 Å². The van der Waals surface area contributed by atoms with E-state index in [0.29, 0.717) is 12.1 Å². The van der Waals surface area contributed by atoms with E-state index in [0.717, 1.165) is 31.5 Å². The summed E-state index contributed by atoms with van der Waals surface area (Å²) in [5, 5.41) is 10.9. The quantitative estimate of drug-likeness (QED) is 0.818. The lowest BCUT2D eigenvalue weighted by Crippen LogP contribution is -2.37. The Balaban J connectivity index is 2.02. The monoisotopic (exact) mass is 222 g/mol. The van der Waals surface area contributed by atoms with Gasteiger partial charge in [0.15, 0.2) is 0 Å². The van der Waals surface area contributed by atoms with Crippen molar-refractivity contribution < 1.29 is 4.79 Å². The highest BCUT2D eigenvalue weighted by atomic mass is 16.1. The van der Waals surface area contributed by atoms with Gasteiger partial charge in [0, 0.05) is 19.0 Å². The molecule has 0 saturated heterocycles. The third kappa shape index (κ3) is 2.40. The van der Waals surface area contributed by atoms with Gasteiger partial charge in [-0.05, 0) is 32.6 Å². The predicted octanol–water partition coefficient (Wildman–Crippen LogP) is 1.21. The van der Waals surface area contributed by atoms with Gasteiger partial charge in [-0.2, -0.15) is 0 Å². The Morgan fingerprint density at radius 3 is 3.00 bits per heavy atom. The van der Waals surface area contributed by atoms with Crippen molar-refractivity contribution in [1.29, 1.82) is 0 Å². The fourth-order valence-electron chi connectivity index (χ4n) is 2.49. The lowest BCUT2D eigenvalue weighted by molar-refractivity contribution is -0.119. The highest BCUT2D eigenvalue weighted by Crippen LogP contribution is 2.28. The molecule has 0 aliphatic heterocycles. The van der Waals surface area contributed by atoms with Crippen LogP contribution in [-0.4, -0.2) is 26.7 Å². The van der Waals surface area contributed by atoms with Crippen molar-refractivity contribution in [1.82, 2.24) is 20.1 Å². The van der Waals surface area contributed by atoms with Gasteiger partial charge in [-0.25, -0.2) is 0 Å². The Morgan fingerprint density at radius 2 is 2.38 bits per heavy atom. The molecule has 2 rings (SSSR count). The van der Waals surface area contributed by atoms with Gasteiger partial charge in [-0.1, -0.05) is 0 Å². The number of hydrogen-bond acceptors (Lipinski definition) is 3. The van der Waals surface area contributed by atoms with Crippen molar-refractivity contribution >= 4 is 5.91 Å². The molecule has 1 aliphatic carbocycles. The number of hydrogen-bond donors (Lipinski definition) is 1. The van der Waals surface area contributed by atoms with Crippen LogP contribution in [0.15, 0.2) is 6.33 Å². The van der Waals surface area contributed by atoms with Gasteiger partial charge >= 0.3 is 0 Å². The van der Waals surface area contributed by atoms with Gasteiger partial charge in [0.05, 0.1) is 0 Å². The Bertz CT molecular complexity index is 374. The molecule has 2 atom stereocenters. The number of rotatable bonds is 2. The van der Waals surface area contributed by atoms with E-state index < -0.39 is 0 Å². The van der Waals surface area contributed by atoms with Gasteiger partial charge in [0.2, 0.25) is 5.91 Å². The molecule has 1 aromatic rings. The maximum atomic E-state index is 11.0. The second-order valence-electron chi connectivity index (χ2n) is 4.50. The Hall–Kier alpha value is -1.39. The van der Waals surface area contributed by atoms with Gasteiger partial charge in [0.1, 0.15) is 12.2 Å². The zero-order valence-corrected chi connectivity index (χ0v) is 9.81. The number of amides is 1. The average Bonchev–Trinajstić information content (AvgIpc) is 2.64. The van der Waals surface area contributed by atoms with Crippen LogP contribution in [0.5, 0.6) is 0 Å². The molecule has 0 unspecified atom stereocenters. The number of carbonyl (C=O) groups excluding carboxylic acids is 1. The standard InChI is InChI=1S/C11H18N4O/c1-8-14-12-7-15(8)11-5-3-4-10(6-11)13-9(2)16/h7,10-11H,3-6H2,1-2H3,(H,13,16)/t10-,11+/m0/s1. The second kappa shape index (κ2) is 4.63. The van der Waals surface area contributed by atoms with Gasteiger partial charge < -0.3 is 9.88 Å². The maximum Gasteiger partial charge on any atom is 0.217 e. The molecular weight excluding hydrogens is 204 g/mol. The number of carbonyl (C=O) groups is 1. The largest absolute Gasteiger partial charge is 0.354 e. The minimum absolute atomic E-state index is 0.0612.